The van der Waals surface area contributed by atoms with Crippen LogP contribution in [0.25, 0.3) is 10.9 Å². The van der Waals surface area contributed by atoms with E-state index in [4.69, 9.17) is 15.1 Å². The number of rotatable bonds is 8. The number of fused-ring (bicyclic) bond motifs is 1. The van der Waals surface area contributed by atoms with E-state index in [1.165, 1.54) is 0 Å². The average molecular weight is 434 g/mol. The molecule has 8 heteroatoms. The zero-order valence-electron chi connectivity index (χ0n) is 19.5. The van der Waals surface area contributed by atoms with Crippen LogP contribution in [-0.4, -0.2) is 47.6 Å². The lowest BCUT2D eigenvalue weighted by Crippen LogP contribution is -2.19. The predicted molar refractivity (Wildman–Crippen MR) is 132 cm³/mol. The largest absolute Gasteiger partial charge is 0.495 e. The molecule has 0 saturated heterocycles. The van der Waals surface area contributed by atoms with E-state index in [1.807, 2.05) is 24.3 Å². The molecule has 0 amide bonds. The number of benzene rings is 1. The van der Waals surface area contributed by atoms with Crippen molar-refractivity contribution in [2.24, 2.45) is 10.4 Å². The number of ether oxygens (including phenoxy) is 1. The molecule has 3 rings (SSSR count). The first-order chi connectivity index (χ1) is 15.2. The summed E-state index contributed by atoms with van der Waals surface area (Å²) in [7, 11) is 3.32. The van der Waals surface area contributed by atoms with Gasteiger partial charge in [-0.1, -0.05) is 26.8 Å². The fourth-order valence-electron chi connectivity index (χ4n) is 3.22. The molecule has 0 bridgehead atoms. The van der Waals surface area contributed by atoms with E-state index in [-0.39, 0.29) is 11.3 Å². The lowest BCUT2D eigenvalue weighted by atomic mass is 9.95. The lowest BCUT2D eigenvalue weighted by molar-refractivity contribution is 0.416. The first-order valence-electron chi connectivity index (χ1n) is 10.5. The second-order valence-electron chi connectivity index (χ2n) is 8.86. The molecule has 0 saturated carbocycles. The molecule has 0 fully saturated rings. The van der Waals surface area contributed by atoms with Gasteiger partial charge in [-0.3, -0.25) is 4.99 Å². The van der Waals surface area contributed by atoms with Gasteiger partial charge in [-0.15, -0.1) is 0 Å². The van der Waals surface area contributed by atoms with Crippen molar-refractivity contribution in [2.75, 3.05) is 31.3 Å². The molecular weight excluding hydrogens is 402 g/mol. The molecule has 0 aliphatic heterocycles. The number of hydrogen-bond donors (Lipinski definition) is 3. The second kappa shape index (κ2) is 9.72. The molecule has 1 atom stereocenters. The first-order valence-corrected chi connectivity index (χ1v) is 10.5. The third-order valence-electron chi connectivity index (χ3n) is 4.88. The van der Waals surface area contributed by atoms with Crippen LogP contribution < -0.4 is 15.4 Å². The fraction of sp³-hybridized carbons (Fsp3) is 0.375. The Hall–Kier alpha value is -3.55. The maximum atomic E-state index is 8.04. The highest BCUT2D eigenvalue weighted by Crippen LogP contribution is 2.31. The van der Waals surface area contributed by atoms with Crippen LogP contribution in [0.1, 0.15) is 39.2 Å². The Bertz CT molecular complexity index is 1130. The Morgan fingerprint density at radius 3 is 2.69 bits per heavy atom. The van der Waals surface area contributed by atoms with Gasteiger partial charge in [0.1, 0.15) is 11.3 Å². The van der Waals surface area contributed by atoms with E-state index in [0.717, 1.165) is 34.5 Å². The number of hydrogen-bond acceptors (Lipinski definition) is 8. The van der Waals surface area contributed by atoms with E-state index in [1.54, 1.807) is 39.7 Å². The smallest absolute Gasteiger partial charge is 0.227 e. The molecule has 1 unspecified atom stereocenters. The minimum atomic E-state index is -0.192. The highest BCUT2D eigenvalue weighted by molar-refractivity contribution is 6.01. The summed E-state index contributed by atoms with van der Waals surface area (Å²) in [5, 5.41) is 15.6. The number of methoxy groups -OCH3 is 1. The van der Waals surface area contributed by atoms with E-state index in [2.05, 4.69) is 46.4 Å². The van der Waals surface area contributed by atoms with Gasteiger partial charge in [0.05, 0.1) is 18.7 Å². The van der Waals surface area contributed by atoms with Gasteiger partial charge in [-0.25, -0.2) is 15.0 Å². The molecule has 8 nitrogen and oxygen atoms in total. The summed E-state index contributed by atoms with van der Waals surface area (Å²) in [6.07, 6.45) is 5.30. The Balaban J connectivity index is 1.92. The van der Waals surface area contributed by atoms with Crippen molar-refractivity contribution in [3.63, 3.8) is 0 Å². The van der Waals surface area contributed by atoms with E-state index < -0.39 is 0 Å². The molecule has 0 aliphatic rings. The van der Waals surface area contributed by atoms with Crippen molar-refractivity contribution in [3.05, 3.63) is 42.2 Å². The van der Waals surface area contributed by atoms with Gasteiger partial charge >= 0.3 is 0 Å². The van der Waals surface area contributed by atoms with Crippen molar-refractivity contribution in [1.82, 2.24) is 15.0 Å². The Morgan fingerprint density at radius 1 is 1.25 bits per heavy atom. The third-order valence-corrected chi connectivity index (χ3v) is 4.88. The van der Waals surface area contributed by atoms with Crippen molar-refractivity contribution in [2.45, 2.75) is 33.6 Å². The lowest BCUT2D eigenvalue weighted by Gasteiger charge is -2.19. The van der Waals surface area contributed by atoms with E-state index >= 15 is 0 Å². The number of pyridine rings is 1. The molecule has 0 radical (unpaired) electrons. The van der Waals surface area contributed by atoms with Crippen molar-refractivity contribution in [3.8, 4) is 5.75 Å². The number of nitrogens with one attached hydrogen (secondary N) is 3. The van der Waals surface area contributed by atoms with E-state index in [9.17, 15) is 0 Å². The van der Waals surface area contributed by atoms with Crippen LogP contribution in [0.4, 0.5) is 17.5 Å². The van der Waals surface area contributed by atoms with Crippen LogP contribution in [0.15, 0.2) is 41.7 Å². The summed E-state index contributed by atoms with van der Waals surface area (Å²) in [4.78, 5) is 17.7. The highest BCUT2D eigenvalue weighted by atomic mass is 16.5. The van der Waals surface area contributed by atoms with Crippen LogP contribution in [0.5, 0.6) is 5.75 Å². The molecule has 1 aromatic carbocycles. The molecule has 32 heavy (non-hydrogen) atoms. The second-order valence-corrected chi connectivity index (χ2v) is 8.86. The topological polar surface area (TPSA) is 108 Å². The Morgan fingerprint density at radius 2 is 2.03 bits per heavy atom. The Labute approximate surface area is 189 Å². The van der Waals surface area contributed by atoms with Gasteiger partial charge in [0.25, 0.3) is 0 Å². The van der Waals surface area contributed by atoms with Crippen molar-refractivity contribution < 1.29 is 4.74 Å². The fourth-order valence-corrected chi connectivity index (χ4v) is 3.22. The zero-order valence-corrected chi connectivity index (χ0v) is 19.5. The third kappa shape index (κ3) is 5.57. The van der Waals surface area contributed by atoms with Gasteiger partial charge in [0.15, 0.2) is 5.82 Å². The first kappa shape index (κ1) is 23.1. The Kier molecular flexibility index (Phi) is 7.02. The maximum Gasteiger partial charge on any atom is 0.227 e. The number of nitrogens with zero attached hydrogens (tertiary/aromatic N) is 4. The van der Waals surface area contributed by atoms with Crippen LogP contribution in [0.3, 0.4) is 0 Å². The summed E-state index contributed by atoms with van der Waals surface area (Å²) in [5.74, 6) is 1.63. The quantitative estimate of drug-likeness (QED) is 0.429. The molecule has 3 N–H and O–H groups in total. The molecule has 3 aromatic rings. The van der Waals surface area contributed by atoms with Crippen molar-refractivity contribution in [1.29, 1.82) is 5.41 Å². The van der Waals surface area contributed by atoms with Gasteiger partial charge in [-0.05, 0) is 36.1 Å². The summed E-state index contributed by atoms with van der Waals surface area (Å²) in [6.45, 7) is 9.04. The van der Waals surface area contributed by atoms with Crippen LogP contribution in [-0.2, 0) is 0 Å². The summed E-state index contributed by atoms with van der Waals surface area (Å²) in [6, 6.07) is 7.66. The monoisotopic (exact) mass is 433 g/mol. The van der Waals surface area contributed by atoms with Gasteiger partial charge < -0.3 is 20.8 Å². The molecule has 168 valence electrons. The molecular formula is C24H31N7O. The van der Waals surface area contributed by atoms with Crippen molar-refractivity contribution >= 4 is 40.3 Å². The molecule has 2 heterocycles. The predicted octanol–water partition coefficient (Wildman–Crippen LogP) is 5.06. The van der Waals surface area contributed by atoms with Gasteiger partial charge in [0, 0.05) is 43.3 Å². The van der Waals surface area contributed by atoms with Gasteiger partial charge in [0.2, 0.25) is 5.95 Å². The number of anilines is 3. The standard InChI is InChI=1S/C24H31N7O/c1-15(25)18(13-26-5)16-7-8-19(20(11-16)32-6)30-23-28-12-17-9-10-27-22(21(17)31-23)29-14-24(2,3)4/h7-13,18,25H,14H2,1-6H3,(H,27,29)(H,28,30,31). The summed E-state index contributed by atoms with van der Waals surface area (Å²) >= 11 is 0. The molecule has 2 aromatic heterocycles. The number of aliphatic imine (C=N–C) groups is 1. The van der Waals surface area contributed by atoms with Crippen LogP contribution >= 0.6 is 0 Å². The van der Waals surface area contributed by atoms with Gasteiger partial charge in [-0.2, -0.15) is 0 Å². The summed E-state index contributed by atoms with van der Waals surface area (Å²) in [5.41, 5.74) is 3.05. The molecule has 0 spiro atoms. The average Bonchev–Trinajstić information content (AvgIpc) is 2.75. The SMILES string of the molecule is CN=CC(C(C)=N)c1ccc(Nc2ncc3ccnc(NCC(C)(C)C)c3n2)c(OC)c1. The number of aromatic nitrogens is 3. The normalized spacial score (nSPS) is 12.7. The van der Waals surface area contributed by atoms with Crippen LogP contribution in [0.2, 0.25) is 0 Å². The maximum absolute atomic E-state index is 8.04. The summed E-state index contributed by atoms with van der Waals surface area (Å²) < 4.78 is 5.60. The van der Waals surface area contributed by atoms with E-state index in [0.29, 0.717) is 17.4 Å². The van der Waals surface area contributed by atoms with Crippen LogP contribution in [0, 0.1) is 10.8 Å². The minimum absolute atomic E-state index is 0.113. The minimum Gasteiger partial charge on any atom is -0.495 e. The highest BCUT2D eigenvalue weighted by Gasteiger charge is 2.16. The zero-order chi connectivity index (χ0) is 23.3. The molecule has 0 aliphatic carbocycles.